The average Bonchev–Trinajstić information content (AvgIpc) is 2.37. The molecular weight excluding hydrogens is 156 g/mol. The zero-order valence-electron chi connectivity index (χ0n) is 6.65. The fraction of sp³-hybridized carbons (Fsp3) is 0.600. The summed E-state index contributed by atoms with van der Waals surface area (Å²) >= 11 is 5.90. The molecule has 0 aromatic carbocycles. The van der Waals surface area contributed by atoms with E-state index < -0.39 is 0 Å². The summed E-state index contributed by atoms with van der Waals surface area (Å²) in [6, 6.07) is 0. The second kappa shape index (κ2) is 4.46. The van der Waals surface area contributed by atoms with E-state index >= 15 is 0 Å². The largest absolute Gasteiger partial charge is 0.120 e. The lowest BCUT2D eigenvalue weighted by atomic mass is 10.1. The van der Waals surface area contributed by atoms with Gasteiger partial charge in [0.15, 0.2) is 0 Å². The minimum Gasteiger partial charge on any atom is -0.120 e. The van der Waals surface area contributed by atoms with E-state index in [4.69, 9.17) is 18.0 Å². The molecule has 0 saturated carbocycles. The van der Waals surface area contributed by atoms with Crippen molar-refractivity contribution in [3.63, 3.8) is 0 Å². The summed E-state index contributed by atoms with van der Waals surface area (Å²) in [5.41, 5.74) is 1.50. The zero-order chi connectivity index (χ0) is 8.10. The van der Waals surface area contributed by atoms with Crippen LogP contribution in [-0.4, -0.2) is 5.38 Å². The van der Waals surface area contributed by atoms with Crippen LogP contribution in [0.4, 0.5) is 0 Å². The fourth-order valence-corrected chi connectivity index (χ4v) is 1.66. The molecule has 0 aromatic heterocycles. The Morgan fingerprint density at radius 1 is 1.73 bits per heavy atom. The van der Waals surface area contributed by atoms with Gasteiger partial charge in [-0.3, -0.25) is 0 Å². The normalized spacial score (nSPS) is 22.9. The van der Waals surface area contributed by atoms with Gasteiger partial charge < -0.3 is 0 Å². The highest BCUT2D eigenvalue weighted by Crippen LogP contribution is 2.26. The predicted octanol–water partition coefficient (Wildman–Crippen LogP) is 3.12. The highest BCUT2D eigenvalue weighted by atomic mass is 35.5. The van der Waals surface area contributed by atoms with Crippen LogP contribution < -0.4 is 0 Å². The Balaban J connectivity index is 2.18. The van der Waals surface area contributed by atoms with E-state index in [0.717, 1.165) is 25.7 Å². The molecule has 1 atom stereocenters. The van der Waals surface area contributed by atoms with Crippen molar-refractivity contribution in [2.45, 2.75) is 37.5 Å². The molecule has 1 aliphatic rings. The van der Waals surface area contributed by atoms with E-state index in [9.17, 15) is 0 Å². The number of terminal acetylenes is 1. The Hall–Kier alpha value is -0.410. The van der Waals surface area contributed by atoms with Gasteiger partial charge in [-0.25, -0.2) is 0 Å². The van der Waals surface area contributed by atoms with Gasteiger partial charge in [0.05, 0.1) is 5.38 Å². The number of halogens is 1. The summed E-state index contributed by atoms with van der Waals surface area (Å²) in [4.78, 5) is 0. The molecule has 0 aromatic rings. The van der Waals surface area contributed by atoms with E-state index in [-0.39, 0.29) is 5.38 Å². The Bertz CT molecular complexity index is 186. The standard InChI is InChI=1S/C10H13Cl/c1-2-3-4-5-9-6-7-10(11)8-9/h1,8,10H,3-7H2. The van der Waals surface area contributed by atoms with Crippen molar-refractivity contribution >= 4 is 11.6 Å². The number of unbranched alkanes of at least 4 members (excludes halogenated alkanes) is 1. The van der Waals surface area contributed by atoms with E-state index in [2.05, 4.69) is 12.0 Å². The monoisotopic (exact) mass is 168 g/mol. The number of hydrogen-bond donors (Lipinski definition) is 0. The van der Waals surface area contributed by atoms with Crippen LogP contribution in [0.3, 0.4) is 0 Å². The lowest BCUT2D eigenvalue weighted by Crippen LogP contribution is -1.81. The second-order valence-electron chi connectivity index (χ2n) is 2.94. The molecule has 1 unspecified atom stereocenters. The van der Waals surface area contributed by atoms with Crippen LogP contribution in [0.25, 0.3) is 0 Å². The van der Waals surface area contributed by atoms with Gasteiger partial charge in [-0.15, -0.1) is 23.9 Å². The molecule has 11 heavy (non-hydrogen) atoms. The topological polar surface area (TPSA) is 0 Å². The van der Waals surface area contributed by atoms with Crippen LogP contribution in [0.15, 0.2) is 11.6 Å². The molecule has 0 spiro atoms. The third-order valence-electron chi connectivity index (χ3n) is 1.98. The van der Waals surface area contributed by atoms with Gasteiger partial charge in [-0.05, 0) is 25.7 Å². The predicted molar refractivity (Wildman–Crippen MR) is 49.6 cm³/mol. The van der Waals surface area contributed by atoms with Crippen molar-refractivity contribution in [3.8, 4) is 12.3 Å². The first-order valence-corrected chi connectivity index (χ1v) is 4.53. The third kappa shape index (κ3) is 2.99. The van der Waals surface area contributed by atoms with Crippen molar-refractivity contribution in [3.05, 3.63) is 11.6 Å². The summed E-state index contributed by atoms with van der Waals surface area (Å²) in [7, 11) is 0. The molecule has 60 valence electrons. The second-order valence-corrected chi connectivity index (χ2v) is 3.50. The zero-order valence-corrected chi connectivity index (χ0v) is 7.40. The Morgan fingerprint density at radius 3 is 3.09 bits per heavy atom. The van der Waals surface area contributed by atoms with E-state index in [1.807, 2.05) is 0 Å². The quantitative estimate of drug-likeness (QED) is 0.263. The SMILES string of the molecule is C#CCCCC1=CC(Cl)CC1. The first kappa shape index (κ1) is 8.68. The molecular formula is C10H13Cl. The molecule has 1 aliphatic carbocycles. The van der Waals surface area contributed by atoms with Crippen LogP contribution >= 0.6 is 11.6 Å². The number of alkyl halides is 1. The number of hydrogen-bond acceptors (Lipinski definition) is 0. The van der Waals surface area contributed by atoms with Crippen LogP contribution in [-0.2, 0) is 0 Å². The molecule has 0 N–H and O–H groups in total. The Kier molecular flexibility index (Phi) is 3.52. The van der Waals surface area contributed by atoms with Crippen molar-refractivity contribution < 1.29 is 0 Å². The molecule has 1 heteroatoms. The van der Waals surface area contributed by atoms with Gasteiger partial charge in [0.25, 0.3) is 0 Å². The van der Waals surface area contributed by atoms with Gasteiger partial charge in [0.2, 0.25) is 0 Å². The fourth-order valence-electron chi connectivity index (χ4n) is 1.37. The van der Waals surface area contributed by atoms with Gasteiger partial charge in [-0.1, -0.05) is 11.6 Å². The minimum absolute atomic E-state index is 0.288. The van der Waals surface area contributed by atoms with Crippen LogP contribution in [0, 0.1) is 12.3 Å². The first-order chi connectivity index (χ1) is 5.33. The summed E-state index contributed by atoms with van der Waals surface area (Å²) in [6.45, 7) is 0. The smallest absolute Gasteiger partial charge is 0.0521 e. The molecule has 0 heterocycles. The van der Waals surface area contributed by atoms with Crippen LogP contribution in [0.2, 0.25) is 0 Å². The third-order valence-corrected chi connectivity index (χ3v) is 2.32. The van der Waals surface area contributed by atoms with Gasteiger partial charge in [-0.2, -0.15) is 0 Å². The summed E-state index contributed by atoms with van der Waals surface area (Å²) < 4.78 is 0. The average molecular weight is 169 g/mol. The van der Waals surface area contributed by atoms with Crippen molar-refractivity contribution in [1.82, 2.24) is 0 Å². The minimum atomic E-state index is 0.288. The maximum absolute atomic E-state index is 5.90. The molecule has 0 amide bonds. The lowest BCUT2D eigenvalue weighted by Gasteiger charge is -1.96. The van der Waals surface area contributed by atoms with Crippen LogP contribution in [0.5, 0.6) is 0 Å². The first-order valence-electron chi connectivity index (χ1n) is 4.10. The summed E-state index contributed by atoms with van der Waals surface area (Å²) in [5, 5.41) is 0.288. The highest BCUT2D eigenvalue weighted by molar-refractivity contribution is 6.22. The highest BCUT2D eigenvalue weighted by Gasteiger charge is 2.11. The lowest BCUT2D eigenvalue weighted by molar-refractivity contribution is 0.801. The molecule has 0 fully saturated rings. The number of allylic oxidation sites excluding steroid dienone is 2. The molecule has 1 rings (SSSR count). The Labute approximate surface area is 73.6 Å². The van der Waals surface area contributed by atoms with Crippen molar-refractivity contribution in [1.29, 1.82) is 0 Å². The van der Waals surface area contributed by atoms with Gasteiger partial charge in [0, 0.05) is 6.42 Å². The summed E-state index contributed by atoms with van der Waals surface area (Å²) in [6.07, 6.45) is 12.8. The molecule has 0 saturated heterocycles. The van der Waals surface area contributed by atoms with E-state index in [0.29, 0.717) is 0 Å². The Morgan fingerprint density at radius 2 is 2.55 bits per heavy atom. The molecule has 0 aliphatic heterocycles. The van der Waals surface area contributed by atoms with E-state index in [1.54, 1.807) is 0 Å². The maximum Gasteiger partial charge on any atom is 0.0521 e. The van der Waals surface area contributed by atoms with E-state index in [1.165, 1.54) is 12.0 Å². The maximum atomic E-state index is 5.90. The van der Waals surface area contributed by atoms with Gasteiger partial charge >= 0.3 is 0 Å². The number of rotatable bonds is 3. The van der Waals surface area contributed by atoms with Crippen LogP contribution in [0.1, 0.15) is 32.1 Å². The molecule has 0 bridgehead atoms. The van der Waals surface area contributed by atoms with Crippen molar-refractivity contribution in [2.75, 3.05) is 0 Å². The van der Waals surface area contributed by atoms with Crippen molar-refractivity contribution in [2.24, 2.45) is 0 Å². The van der Waals surface area contributed by atoms with Gasteiger partial charge in [0.1, 0.15) is 0 Å². The molecule has 0 nitrogen and oxygen atoms in total. The molecule has 0 radical (unpaired) electrons. The summed E-state index contributed by atoms with van der Waals surface area (Å²) in [5.74, 6) is 2.64.